The predicted octanol–water partition coefficient (Wildman–Crippen LogP) is 13.5. The van der Waals surface area contributed by atoms with Gasteiger partial charge in [-0.05, 0) is 262 Å². The van der Waals surface area contributed by atoms with Crippen LogP contribution < -0.4 is 61.5 Å². The minimum atomic E-state index is -1.14. The Morgan fingerprint density at radius 1 is 0.430 bits per heavy atom. The Morgan fingerprint density at radius 2 is 0.844 bits per heavy atom. The van der Waals surface area contributed by atoms with E-state index >= 15 is 0 Å². The number of carbonyl (C=O) groups excluding carboxylic acids is 8. The van der Waals surface area contributed by atoms with Crippen molar-refractivity contribution in [3.63, 3.8) is 0 Å². The molecule has 12 aliphatic rings. The fourth-order valence-corrected chi connectivity index (χ4v) is 20.0. The highest BCUT2D eigenvalue weighted by Crippen LogP contribution is 2.62. The van der Waals surface area contributed by atoms with Gasteiger partial charge in [-0.3, -0.25) is 53.0 Å². The van der Waals surface area contributed by atoms with Gasteiger partial charge < -0.3 is 66.6 Å². The summed E-state index contributed by atoms with van der Waals surface area (Å²) in [7, 11) is 1.75. The second kappa shape index (κ2) is 36.5. The van der Waals surface area contributed by atoms with Gasteiger partial charge >= 0.3 is 5.97 Å². The first kappa shape index (κ1) is 90.6. The van der Waals surface area contributed by atoms with Crippen LogP contribution in [0.3, 0.4) is 0 Å². The Morgan fingerprint density at radius 3 is 1.28 bits per heavy atom. The van der Waals surface area contributed by atoms with Crippen molar-refractivity contribution in [3.8, 4) is 23.0 Å². The average Bonchev–Trinajstić information content (AvgIpc) is 0.736. The molecule has 2 unspecified atom stereocenters. The third-order valence-electron chi connectivity index (χ3n) is 26.2. The van der Waals surface area contributed by atoms with Gasteiger partial charge in [-0.25, -0.2) is 28.5 Å². The molecule has 128 heavy (non-hydrogen) atoms. The fourth-order valence-electron chi connectivity index (χ4n) is 19.5. The number of nitrogens with one attached hydrogen (secondary N) is 8. The minimum Gasteiger partial charge on any atom is -0.484 e. The first-order valence-corrected chi connectivity index (χ1v) is 43.6. The van der Waals surface area contributed by atoms with Crippen LogP contribution in [0, 0.1) is 44.2 Å². The molecular formula is C93H95Cl4F2N15O14. The number of carbonyl (C=O) groups is 9. The normalized spacial score (nSPS) is 24.8. The van der Waals surface area contributed by atoms with Crippen LogP contribution in [0.4, 0.5) is 8.78 Å². The number of fused-ring (bicyclic) bond motifs is 8. The van der Waals surface area contributed by atoms with E-state index in [-0.39, 0.29) is 151 Å². The molecule has 12 fully saturated rings. The molecule has 12 saturated carbocycles. The van der Waals surface area contributed by atoms with Crippen LogP contribution in [0.2, 0.25) is 20.1 Å². The number of benzene rings is 5. The number of aromatic nitrogens is 7. The molecule has 5 heterocycles. The summed E-state index contributed by atoms with van der Waals surface area (Å²) in [5.74, 6) is -1.49. The number of carboxylic acid groups (broad SMARTS) is 1. The molecule has 8 bridgehead atoms. The minimum absolute atomic E-state index is 0.00321. The summed E-state index contributed by atoms with van der Waals surface area (Å²) in [6.45, 7) is 9.14. The van der Waals surface area contributed by atoms with E-state index in [1.54, 1.807) is 116 Å². The number of carboxylic acids is 1. The molecule has 5 aromatic heterocycles. The molecule has 5 aromatic carbocycles. The Bertz CT molecular complexity index is 5800. The molecule has 9 N–H and O–H groups in total. The molecular weight excluding hydrogens is 1730 g/mol. The van der Waals surface area contributed by atoms with Crippen molar-refractivity contribution in [2.45, 2.75) is 182 Å². The maximum Gasteiger partial charge on any atom is 0.336 e. The maximum absolute atomic E-state index is 13.6. The Hall–Kier alpha value is -12.2. The highest BCUT2D eigenvalue weighted by atomic mass is 35.5. The number of ether oxygens (including phenoxy) is 4. The highest BCUT2D eigenvalue weighted by Gasteiger charge is 2.70. The zero-order valence-electron chi connectivity index (χ0n) is 71.0. The largest absolute Gasteiger partial charge is 0.484 e. The van der Waals surface area contributed by atoms with Crippen molar-refractivity contribution in [1.29, 1.82) is 0 Å². The zero-order chi connectivity index (χ0) is 90.9. The van der Waals surface area contributed by atoms with Crippen molar-refractivity contribution in [1.82, 2.24) is 77.2 Å². The van der Waals surface area contributed by atoms with E-state index in [1.807, 2.05) is 32.9 Å². The lowest BCUT2D eigenvalue weighted by Crippen LogP contribution is -2.84. The van der Waals surface area contributed by atoms with Crippen LogP contribution in [-0.4, -0.2) is 164 Å². The van der Waals surface area contributed by atoms with Gasteiger partial charge in [0, 0.05) is 97.5 Å². The number of hydrogen-bond donors (Lipinski definition) is 9. The number of amides is 8. The van der Waals surface area contributed by atoms with Gasteiger partial charge in [0.15, 0.2) is 26.4 Å². The standard InChI is InChI=1S/C25H26ClFN2O5.2C23H21ClN4O3.C22H27ClFN5O3/c1-15-13-24(29-22(31)17-4-2-3-5-18(17)23(32)33)8-10-25(15,11-9-24)28-21(30)14-34-16-6-7-19(26)20(27)12-16;1-14-8-16(3-4-17(14)24)31-10-20(29)27-22-11-23(12-22,13-22)28-21(30)19-5-2-15-9-25-7-6-18(15)26-19;1-14-9-15(4-5-16(14)24)31-10-20(29)27-22-11-23(12-22,13-22)28-21(30)19-7-6-17-18(26-19)3-2-8-25-17;1-13-11-21(27-20(31)19-25-14(2)29(3)28-19)6-8-22(13,9-7-21)26-18(30)12-32-15-4-5-16(23)17(24)10-15/h2-7,12,15H,8-11,13-14H2,1H3,(H,28,30)(H,29,31)(H,32,33);2*2-9H,10-13H2,1H3,(H,27,29)(H,28,30);4-5,10,13H,6-9,11-12H2,1-3H3,(H,26,30)(H,27,31). The number of hydrogen-bond acceptors (Lipinski definition) is 19. The lowest BCUT2D eigenvalue weighted by atomic mass is 9.44. The van der Waals surface area contributed by atoms with Crippen LogP contribution in [0.1, 0.15) is 186 Å². The van der Waals surface area contributed by atoms with Gasteiger partial charge in [-0.1, -0.05) is 72.4 Å². The Kier molecular flexibility index (Phi) is 25.8. The van der Waals surface area contributed by atoms with Gasteiger partial charge in [-0.15, -0.1) is 5.10 Å². The zero-order valence-corrected chi connectivity index (χ0v) is 74.0. The molecule has 12 aliphatic carbocycles. The average molecular weight is 1830 g/mol. The highest BCUT2D eigenvalue weighted by molar-refractivity contribution is 6.32. The van der Waals surface area contributed by atoms with E-state index in [0.29, 0.717) is 95.6 Å². The van der Waals surface area contributed by atoms with E-state index < -0.39 is 34.6 Å². The van der Waals surface area contributed by atoms with Gasteiger partial charge in [0.05, 0.1) is 37.7 Å². The third-order valence-corrected chi connectivity index (χ3v) is 27.6. The molecule has 2 atom stereocenters. The molecule has 22 rings (SSSR count). The monoisotopic (exact) mass is 1820 g/mol. The molecule has 0 radical (unpaired) electrons. The van der Waals surface area contributed by atoms with Crippen LogP contribution in [0.5, 0.6) is 23.0 Å². The molecule has 35 heteroatoms. The SMILES string of the molecule is CC1CC2(NC(=O)c3ccccc3C(=O)O)CCC1(NC(=O)COc1ccc(Cl)c(F)c1)CC2.Cc1cc(OCC(=O)NC23CC(NC(=O)c4ccc5cnccc5n4)(C2)C3)ccc1Cl.Cc1cc(OCC(=O)NC23CC(NC(=O)c4ccc5ncccc5n4)(C2)C3)ccc1Cl.Cc1nc(C(=O)NC23CCC(NC(=O)COc4ccc(Cl)c(F)c4)(CC2)C(C)C3)nn1C. The molecule has 0 aliphatic heterocycles. The van der Waals surface area contributed by atoms with Crippen LogP contribution >= 0.6 is 46.4 Å². The lowest BCUT2D eigenvalue weighted by molar-refractivity contribution is -0.142. The van der Waals surface area contributed by atoms with Crippen molar-refractivity contribution >= 4 is 122 Å². The molecule has 0 spiro atoms. The predicted molar refractivity (Wildman–Crippen MR) is 472 cm³/mol. The summed E-state index contributed by atoms with van der Waals surface area (Å²) in [4.78, 5) is 134. The first-order valence-electron chi connectivity index (χ1n) is 42.1. The van der Waals surface area contributed by atoms with Crippen LogP contribution in [0.25, 0.3) is 21.9 Å². The number of pyridine rings is 4. The van der Waals surface area contributed by atoms with Crippen molar-refractivity contribution in [2.24, 2.45) is 18.9 Å². The molecule has 8 amide bonds. The smallest absolute Gasteiger partial charge is 0.336 e. The number of nitrogens with zero attached hydrogens (tertiary/aromatic N) is 7. The maximum atomic E-state index is 13.6. The number of halogens is 6. The van der Waals surface area contributed by atoms with Crippen molar-refractivity contribution in [3.05, 3.63) is 235 Å². The van der Waals surface area contributed by atoms with Crippen LogP contribution in [0.15, 0.2) is 158 Å². The van der Waals surface area contributed by atoms with Gasteiger partial charge in [0.2, 0.25) is 5.82 Å². The Labute approximate surface area is 755 Å². The van der Waals surface area contributed by atoms with E-state index in [2.05, 4.69) is 79.5 Å². The molecule has 0 saturated heterocycles. The van der Waals surface area contributed by atoms with Gasteiger partial charge in [-0.2, -0.15) is 0 Å². The quantitative estimate of drug-likeness (QED) is 0.0257. The second-order valence-corrected chi connectivity index (χ2v) is 37.0. The number of aryl methyl sites for hydroxylation is 4. The summed E-state index contributed by atoms with van der Waals surface area (Å²) < 4.78 is 50.7. The fraction of sp³-hybridized carbons (Fsp3) is 0.387. The van der Waals surface area contributed by atoms with E-state index in [1.165, 1.54) is 36.4 Å². The third kappa shape index (κ3) is 20.0. The van der Waals surface area contributed by atoms with Crippen molar-refractivity contribution < 1.29 is 76.0 Å². The summed E-state index contributed by atoms with van der Waals surface area (Å²) in [6, 6.07) is 37.3. The molecule has 668 valence electrons. The van der Waals surface area contributed by atoms with E-state index in [0.717, 1.165) is 91.0 Å². The topological polar surface area (TPSA) is 389 Å². The van der Waals surface area contributed by atoms with E-state index in [9.17, 15) is 57.0 Å². The summed E-state index contributed by atoms with van der Waals surface area (Å²) >= 11 is 23.3. The molecule has 29 nitrogen and oxygen atoms in total. The lowest BCUT2D eigenvalue weighted by Gasteiger charge is -2.70. The summed E-state index contributed by atoms with van der Waals surface area (Å²) in [5, 5.41) is 40.6. The molecule has 10 aromatic rings. The van der Waals surface area contributed by atoms with Crippen molar-refractivity contribution in [2.75, 3.05) is 26.4 Å². The van der Waals surface area contributed by atoms with Gasteiger partial charge in [0.1, 0.15) is 51.8 Å². The Balaban J connectivity index is 0.000000131. The summed E-state index contributed by atoms with van der Waals surface area (Å²) in [6.07, 6.45) is 16.5. The second-order valence-electron chi connectivity index (χ2n) is 35.4. The number of aromatic carboxylic acids is 1. The summed E-state index contributed by atoms with van der Waals surface area (Å²) in [5.41, 5.74) is 2.34. The first-order chi connectivity index (χ1) is 60.9. The van der Waals surface area contributed by atoms with Crippen LogP contribution in [-0.2, 0) is 26.2 Å². The van der Waals surface area contributed by atoms with Gasteiger partial charge in [0.25, 0.3) is 47.3 Å². The number of rotatable bonds is 25. The van der Waals surface area contributed by atoms with E-state index in [4.69, 9.17) is 65.4 Å².